The summed E-state index contributed by atoms with van der Waals surface area (Å²) in [6.45, 7) is 9.42. The summed E-state index contributed by atoms with van der Waals surface area (Å²) < 4.78 is 5.09. The minimum absolute atomic E-state index is 0.216. The smallest absolute Gasteiger partial charge is 0.220 e. The molecular formula is C14H23NO2. The lowest BCUT2D eigenvalue weighted by molar-refractivity contribution is -0.119. The molecule has 3 heteroatoms. The van der Waals surface area contributed by atoms with Crippen LogP contribution in [0, 0.1) is 11.8 Å². The van der Waals surface area contributed by atoms with Crippen molar-refractivity contribution < 1.29 is 9.21 Å². The van der Waals surface area contributed by atoms with Crippen LogP contribution in [0.4, 0.5) is 0 Å². The van der Waals surface area contributed by atoms with Crippen molar-refractivity contribution in [3.8, 4) is 0 Å². The van der Waals surface area contributed by atoms with Gasteiger partial charge in [-0.1, -0.05) is 27.7 Å². The number of hydrogen-bond donors (Lipinski definition) is 1. The van der Waals surface area contributed by atoms with Crippen LogP contribution < -0.4 is 5.32 Å². The fourth-order valence-electron chi connectivity index (χ4n) is 1.72. The summed E-state index contributed by atoms with van der Waals surface area (Å²) in [5, 5.41) is 2.81. The van der Waals surface area contributed by atoms with Gasteiger partial charge in [0.2, 0.25) is 5.91 Å². The van der Waals surface area contributed by atoms with Crippen LogP contribution in [0.5, 0.6) is 0 Å². The molecule has 96 valence electrons. The van der Waals surface area contributed by atoms with Crippen LogP contribution in [-0.4, -0.2) is 12.5 Å². The van der Waals surface area contributed by atoms with Gasteiger partial charge >= 0.3 is 0 Å². The Morgan fingerprint density at radius 3 is 2.29 bits per heavy atom. The number of amides is 1. The summed E-state index contributed by atoms with van der Waals surface area (Å²) >= 11 is 0. The molecule has 1 unspecified atom stereocenters. The van der Waals surface area contributed by atoms with E-state index < -0.39 is 0 Å². The molecule has 0 bridgehead atoms. The number of hydrogen-bond acceptors (Lipinski definition) is 2. The van der Waals surface area contributed by atoms with Gasteiger partial charge in [0.25, 0.3) is 0 Å². The van der Waals surface area contributed by atoms with Crippen molar-refractivity contribution >= 4 is 5.91 Å². The van der Waals surface area contributed by atoms with Crippen molar-refractivity contribution in [2.24, 2.45) is 11.8 Å². The molecule has 0 aromatic carbocycles. The molecule has 0 radical (unpaired) electrons. The Balaban J connectivity index is 0.000000171. The van der Waals surface area contributed by atoms with Crippen LogP contribution in [0.1, 0.15) is 45.8 Å². The molecule has 0 aliphatic carbocycles. The maximum atomic E-state index is 10.6. The van der Waals surface area contributed by atoms with Gasteiger partial charge in [0, 0.05) is 18.9 Å². The zero-order chi connectivity index (χ0) is 12.8. The van der Waals surface area contributed by atoms with Gasteiger partial charge < -0.3 is 9.73 Å². The first kappa shape index (κ1) is 13.8. The highest BCUT2D eigenvalue weighted by molar-refractivity contribution is 5.78. The molecular weight excluding hydrogens is 214 g/mol. The van der Waals surface area contributed by atoms with E-state index in [9.17, 15) is 4.79 Å². The summed E-state index contributed by atoms with van der Waals surface area (Å²) in [5.74, 6) is 3.02. The van der Waals surface area contributed by atoms with Gasteiger partial charge in [-0.15, -0.1) is 0 Å². The van der Waals surface area contributed by atoms with Crippen molar-refractivity contribution in [3.05, 3.63) is 24.2 Å². The Morgan fingerprint density at radius 2 is 2.06 bits per heavy atom. The van der Waals surface area contributed by atoms with E-state index in [0.29, 0.717) is 17.8 Å². The van der Waals surface area contributed by atoms with E-state index in [2.05, 4.69) is 33.0 Å². The molecule has 2 rings (SSSR count). The predicted molar refractivity (Wildman–Crippen MR) is 68.8 cm³/mol. The lowest BCUT2D eigenvalue weighted by Gasteiger charge is -2.09. The second kappa shape index (κ2) is 6.48. The number of carbonyl (C=O) groups is 1. The third-order valence-corrected chi connectivity index (χ3v) is 3.06. The third kappa shape index (κ3) is 4.63. The standard InChI is InChI=1S/C7H13NO.C7H10O/c1-5(2)6-3-7(9)8-4-6;1-6(2)7-4-3-5-8-7/h5-6H,3-4H2,1-2H3,(H,8,9);3-6H,1-2H3. The van der Waals surface area contributed by atoms with Gasteiger partial charge in [-0.05, 0) is 24.0 Å². The quantitative estimate of drug-likeness (QED) is 0.858. The molecule has 1 aromatic rings. The van der Waals surface area contributed by atoms with Crippen molar-refractivity contribution in [2.45, 2.75) is 40.0 Å². The van der Waals surface area contributed by atoms with E-state index in [1.54, 1.807) is 6.26 Å². The predicted octanol–water partition coefficient (Wildman–Crippen LogP) is 3.18. The summed E-state index contributed by atoms with van der Waals surface area (Å²) in [6.07, 6.45) is 2.44. The molecule has 1 aliphatic heterocycles. The first-order chi connectivity index (χ1) is 8.00. The number of furan rings is 1. The fraction of sp³-hybridized carbons (Fsp3) is 0.643. The molecule has 0 saturated carbocycles. The first-order valence-electron chi connectivity index (χ1n) is 6.30. The van der Waals surface area contributed by atoms with E-state index in [0.717, 1.165) is 18.7 Å². The van der Waals surface area contributed by atoms with E-state index in [1.165, 1.54) is 0 Å². The molecule has 1 fully saturated rings. The maximum absolute atomic E-state index is 10.6. The second-order valence-electron chi connectivity index (χ2n) is 5.18. The average Bonchev–Trinajstić information content (AvgIpc) is 2.87. The van der Waals surface area contributed by atoms with Gasteiger partial charge in [-0.25, -0.2) is 0 Å². The highest BCUT2D eigenvalue weighted by atomic mass is 16.3. The van der Waals surface area contributed by atoms with Crippen LogP contribution in [-0.2, 0) is 4.79 Å². The zero-order valence-corrected chi connectivity index (χ0v) is 11.2. The van der Waals surface area contributed by atoms with E-state index in [4.69, 9.17) is 4.42 Å². The summed E-state index contributed by atoms with van der Waals surface area (Å²) in [6, 6.07) is 3.90. The largest absolute Gasteiger partial charge is 0.469 e. The van der Waals surface area contributed by atoms with Gasteiger partial charge in [-0.2, -0.15) is 0 Å². The van der Waals surface area contributed by atoms with Gasteiger partial charge in [0.1, 0.15) is 5.76 Å². The number of rotatable bonds is 2. The topological polar surface area (TPSA) is 42.2 Å². The normalized spacial score (nSPS) is 19.2. The van der Waals surface area contributed by atoms with E-state index >= 15 is 0 Å². The van der Waals surface area contributed by atoms with Crippen LogP contribution >= 0.6 is 0 Å². The third-order valence-electron chi connectivity index (χ3n) is 3.06. The molecule has 1 atom stereocenters. The molecule has 2 heterocycles. The molecule has 1 N–H and O–H groups in total. The molecule has 17 heavy (non-hydrogen) atoms. The summed E-state index contributed by atoms with van der Waals surface area (Å²) in [5.41, 5.74) is 0. The lowest BCUT2D eigenvalue weighted by atomic mass is 9.95. The highest BCUT2D eigenvalue weighted by Crippen LogP contribution is 2.17. The average molecular weight is 237 g/mol. The second-order valence-corrected chi connectivity index (χ2v) is 5.18. The lowest BCUT2D eigenvalue weighted by Crippen LogP contribution is -2.15. The summed E-state index contributed by atoms with van der Waals surface area (Å²) in [7, 11) is 0. The van der Waals surface area contributed by atoms with E-state index in [1.807, 2.05) is 12.1 Å². The summed E-state index contributed by atoms with van der Waals surface area (Å²) in [4.78, 5) is 10.6. The first-order valence-corrected chi connectivity index (χ1v) is 6.30. The molecule has 0 spiro atoms. The Hall–Kier alpha value is -1.25. The van der Waals surface area contributed by atoms with Gasteiger partial charge in [0.15, 0.2) is 0 Å². The van der Waals surface area contributed by atoms with Crippen LogP contribution in [0.2, 0.25) is 0 Å². The minimum atomic E-state index is 0.216. The Bertz CT molecular complexity index is 328. The van der Waals surface area contributed by atoms with Crippen LogP contribution in [0.25, 0.3) is 0 Å². The van der Waals surface area contributed by atoms with Crippen molar-refractivity contribution in [1.29, 1.82) is 0 Å². The SMILES string of the molecule is CC(C)C1CNC(=O)C1.CC(C)c1ccco1. The minimum Gasteiger partial charge on any atom is -0.469 e. The Labute approximate surface area is 104 Å². The maximum Gasteiger partial charge on any atom is 0.220 e. The Kier molecular flexibility index (Phi) is 5.26. The van der Waals surface area contributed by atoms with Gasteiger partial charge in [0.05, 0.1) is 6.26 Å². The van der Waals surface area contributed by atoms with Gasteiger partial charge in [-0.3, -0.25) is 4.79 Å². The number of carbonyl (C=O) groups excluding carboxylic acids is 1. The van der Waals surface area contributed by atoms with E-state index in [-0.39, 0.29) is 5.91 Å². The van der Waals surface area contributed by atoms with Crippen molar-refractivity contribution in [2.75, 3.05) is 6.54 Å². The van der Waals surface area contributed by atoms with Crippen LogP contribution in [0.15, 0.2) is 22.8 Å². The Morgan fingerprint density at radius 1 is 1.35 bits per heavy atom. The number of nitrogens with one attached hydrogen (secondary N) is 1. The molecule has 1 saturated heterocycles. The highest BCUT2D eigenvalue weighted by Gasteiger charge is 2.23. The van der Waals surface area contributed by atoms with Crippen molar-refractivity contribution in [3.63, 3.8) is 0 Å². The van der Waals surface area contributed by atoms with Crippen LogP contribution in [0.3, 0.4) is 0 Å². The molecule has 1 aromatic heterocycles. The molecule has 1 amide bonds. The zero-order valence-electron chi connectivity index (χ0n) is 11.2. The molecule has 1 aliphatic rings. The van der Waals surface area contributed by atoms with Crippen molar-refractivity contribution in [1.82, 2.24) is 5.32 Å². The molecule has 3 nitrogen and oxygen atoms in total. The fourth-order valence-corrected chi connectivity index (χ4v) is 1.72. The monoisotopic (exact) mass is 237 g/mol.